The predicted molar refractivity (Wildman–Crippen MR) is 84.9 cm³/mol. The minimum atomic E-state index is -1.45. The highest BCUT2D eigenvalue weighted by Crippen LogP contribution is 2.17. The van der Waals surface area contributed by atoms with E-state index in [9.17, 15) is 13.4 Å². The maximum absolute atomic E-state index is 13.0. The second kappa shape index (κ2) is 6.82. The van der Waals surface area contributed by atoms with Crippen LogP contribution in [0.4, 0.5) is 15.8 Å². The first kappa shape index (κ1) is 15.7. The van der Waals surface area contributed by atoms with Crippen LogP contribution < -0.4 is 11.1 Å². The van der Waals surface area contributed by atoms with E-state index in [-0.39, 0.29) is 11.4 Å². The zero-order valence-corrected chi connectivity index (χ0v) is 13.2. The van der Waals surface area contributed by atoms with Gasteiger partial charge in [0, 0.05) is 15.1 Å². The molecule has 110 valence electrons. The molecule has 4 nitrogen and oxygen atoms in total. The number of anilines is 2. The van der Waals surface area contributed by atoms with Crippen LogP contribution in [0.5, 0.6) is 0 Å². The molecule has 0 heterocycles. The largest absolute Gasteiger partial charge is 0.396 e. The Hall–Kier alpha value is -1.73. The highest BCUT2D eigenvalue weighted by molar-refractivity contribution is 9.10. The van der Waals surface area contributed by atoms with E-state index in [1.54, 1.807) is 18.2 Å². The number of nitrogen functional groups attached to an aromatic ring is 1. The Morgan fingerprint density at radius 2 is 2.05 bits per heavy atom. The molecule has 1 unspecified atom stereocenters. The van der Waals surface area contributed by atoms with E-state index in [1.807, 2.05) is 6.07 Å². The molecule has 3 N–H and O–H groups in total. The van der Waals surface area contributed by atoms with Crippen LogP contribution in [0.15, 0.2) is 51.8 Å². The third-order valence-electron chi connectivity index (χ3n) is 2.60. The van der Waals surface area contributed by atoms with E-state index in [2.05, 4.69) is 21.2 Å². The van der Waals surface area contributed by atoms with Crippen molar-refractivity contribution in [2.24, 2.45) is 0 Å². The number of hydrogen-bond acceptors (Lipinski definition) is 3. The van der Waals surface area contributed by atoms with Crippen molar-refractivity contribution >= 4 is 44.0 Å². The molecule has 0 fully saturated rings. The van der Waals surface area contributed by atoms with Crippen LogP contribution in [0.25, 0.3) is 0 Å². The van der Waals surface area contributed by atoms with Gasteiger partial charge in [0.15, 0.2) is 0 Å². The molecule has 2 aromatic carbocycles. The van der Waals surface area contributed by atoms with Gasteiger partial charge in [-0.2, -0.15) is 0 Å². The summed E-state index contributed by atoms with van der Waals surface area (Å²) in [6.45, 7) is 0. The Balaban J connectivity index is 2.01. The van der Waals surface area contributed by atoms with Gasteiger partial charge in [0.1, 0.15) is 11.6 Å². The summed E-state index contributed by atoms with van der Waals surface area (Å²) in [5.74, 6) is -1.17. The molecule has 1 atom stereocenters. The maximum Gasteiger partial charge on any atom is 0.237 e. The standard InChI is InChI=1S/C14H12BrFN2O2S/c15-9-2-1-3-11(6-9)21(20)8-14(19)18-10-4-5-12(16)13(17)7-10/h1-7H,8,17H2,(H,18,19). The number of amides is 1. The van der Waals surface area contributed by atoms with Gasteiger partial charge < -0.3 is 11.1 Å². The maximum atomic E-state index is 13.0. The predicted octanol–water partition coefficient (Wildman–Crippen LogP) is 2.92. The number of nitrogens with one attached hydrogen (secondary N) is 1. The summed E-state index contributed by atoms with van der Waals surface area (Å²) in [5, 5.41) is 2.53. The normalized spacial score (nSPS) is 11.9. The topological polar surface area (TPSA) is 72.2 Å². The Bertz CT molecular complexity index is 709. The van der Waals surface area contributed by atoms with E-state index in [4.69, 9.17) is 5.73 Å². The minimum Gasteiger partial charge on any atom is -0.396 e. The molecule has 2 rings (SSSR count). The first-order valence-corrected chi connectivity index (χ1v) is 8.06. The van der Waals surface area contributed by atoms with Gasteiger partial charge in [0.2, 0.25) is 5.91 Å². The van der Waals surface area contributed by atoms with Crippen LogP contribution >= 0.6 is 15.9 Å². The van der Waals surface area contributed by atoms with Crippen molar-refractivity contribution in [3.63, 3.8) is 0 Å². The highest BCUT2D eigenvalue weighted by Gasteiger charge is 2.11. The lowest BCUT2D eigenvalue weighted by Crippen LogP contribution is -2.19. The molecular weight excluding hydrogens is 359 g/mol. The molecule has 21 heavy (non-hydrogen) atoms. The summed E-state index contributed by atoms with van der Waals surface area (Å²) in [5.41, 5.74) is 5.72. The zero-order chi connectivity index (χ0) is 15.4. The average molecular weight is 371 g/mol. The third kappa shape index (κ3) is 4.37. The molecule has 0 aliphatic heterocycles. The van der Waals surface area contributed by atoms with E-state index >= 15 is 0 Å². The van der Waals surface area contributed by atoms with Gasteiger partial charge in [-0.25, -0.2) is 4.39 Å². The lowest BCUT2D eigenvalue weighted by molar-refractivity contribution is -0.113. The SMILES string of the molecule is Nc1cc(NC(=O)CS(=O)c2cccc(Br)c2)ccc1F. The molecule has 1 amide bonds. The summed E-state index contributed by atoms with van der Waals surface area (Å²) in [6, 6.07) is 10.8. The van der Waals surface area contributed by atoms with Gasteiger partial charge in [-0.3, -0.25) is 9.00 Å². The number of carbonyl (C=O) groups is 1. The van der Waals surface area contributed by atoms with Gasteiger partial charge in [-0.15, -0.1) is 0 Å². The van der Waals surface area contributed by atoms with Crippen molar-refractivity contribution < 1.29 is 13.4 Å². The third-order valence-corrected chi connectivity index (χ3v) is 4.40. The van der Waals surface area contributed by atoms with Crippen LogP contribution in [0, 0.1) is 5.82 Å². The molecule has 0 aromatic heterocycles. The fourth-order valence-electron chi connectivity index (χ4n) is 1.63. The van der Waals surface area contributed by atoms with Gasteiger partial charge in [-0.05, 0) is 36.4 Å². The smallest absolute Gasteiger partial charge is 0.237 e. The van der Waals surface area contributed by atoms with Crippen molar-refractivity contribution in [1.29, 1.82) is 0 Å². The van der Waals surface area contributed by atoms with Crippen molar-refractivity contribution in [2.45, 2.75) is 4.90 Å². The molecular formula is C14H12BrFN2O2S. The Morgan fingerprint density at radius 3 is 2.71 bits per heavy atom. The van der Waals surface area contributed by atoms with Crippen LogP contribution in [0.3, 0.4) is 0 Å². The lowest BCUT2D eigenvalue weighted by Gasteiger charge is -2.07. The summed E-state index contributed by atoms with van der Waals surface area (Å²) in [6.07, 6.45) is 0. The van der Waals surface area contributed by atoms with E-state index in [1.165, 1.54) is 12.1 Å². The van der Waals surface area contributed by atoms with Crippen LogP contribution in [0.1, 0.15) is 0 Å². The van der Waals surface area contributed by atoms with Gasteiger partial charge >= 0.3 is 0 Å². The van der Waals surface area contributed by atoms with Gasteiger partial charge in [-0.1, -0.05) is 22.0 Å². The quantitative estimate of drug-likeness (QED) is 0.812. The van der Waals surface area contributed by atoms with E-state index in [0.29, 0.717) is 10.6 Å². The Kier molecular flexibility index (Phi) is 5.08. The van der Waals surface area contributed by atoms with Crippen molar-refractivity contribution in [1.82, 2.24) is 0 Å². The van der Waals surface area contributed by atoms with Crippen LogP contribution in [0.2, 0.25) is 0 Å². The number of hydrogen-bond donors (Lipinski definition) is 2. The molecule has 7 heteroatoms. The summed E-state index contributed by atoms with van der Waals surface area (Å²) < 4.78 is 25.9. The summed E-state index contributed by atoms with van der Waals surface area (Å²) >= 11 is 3.28. The minimum absolute atomic E-state index is 0.0547. The Morgan fingerprint density at radius 1 is 1.29 bits per heavy atom. The van der Waals surface area contributed by atoms with E-state index in [0.717, 1.165) is 10.5 Å². The average Bonchev–Trinajstić information content (AvgIpc) is 2.43. The van der Waals surface area contributed by atoms with Gasteiger partial charge in [0.25, 0.3) is 0 Å². The number of benzene rings is 2. The monoisotopic (exact) mass is 370 g/mol. The summed E-state index contributed by atoms with van der Waals surface area (Å²) in [4.78, 5) is 12.4. The van der Waals surface area contributed by atoms with Crippen LogP contribution in [-0.4, -0.2) is 15.9 Å². The van der Waals surface area contributed by atoms with Crippen molar-refractivity contribution in [3.8, 4) is 0 Å². The molecule has 0 saturated carbocycles. The van der Waals surface area contributed by atoms with Gasteiger partial charge in [0.05, 0.1) is 16.5 Å². The lowest BCUT2D eigenvalue weighted by atomic mass is 10.2. The number of halogens is 2. The number of carbonyl (C=O) groups excluding carboxylic acids is 1. The number of rotatable bonds is 4. The Labute approximate surface area is 132 Å². The van der Waals surface area contributed by atoms with E-state index < -0.39 is 22.5 Å². The van der Waals surface area contributed by atoms with Crippen molar-refractivity contribution in [2.75, 3.05) is 16.8 Å². The van der Waals surface area contributed by atoms with Crippen LogP contribution in [-0.2, 0) is 15.6 Å². The molecule has 0 spiro atoms. The van der Waals surface area contributed by atoms with Crippen molar-refractivity contribution in [3.05, 3.63) is 52.8 Å². The molecule has 0 aliphatic rings. The molecule has 0 radical (unpaired) electrons. The second-order valence-corrected chi connectivity index (χ2v) is 6.60. The fourth-order valence-corrected chi connectivity index (χ4v) is 3.15. The number of nitrogens with two attached hydrogens (primary N) is 1. The molecule has 0 saturated heterocycles. The molecule has 0 bridgehead atoms. The zero-order valence-electron chi connectivity index (χ0n) is 10.8. The first-order chi connectivity index (χ1) is 9.95. The summed E-state index contributed by atoms with van der Waals surface area (Å²) in [7, 11) is -1.45. The first-order valence-electron chi connectivity index (χ1n) is 5.94. The fraction of sp³-hybridized carbons (Fsp3) is 0.0714. The molecule has 0 aliphatic carbocycles. The second-order valence-electron chi connectivity index (χ2n) is 4.23. The highest BCUT2D eigenvalue weighted by atomic mass is 79.9. The molecule has 2 aromatic rings.